The molecule has 0 aliphatic carbocycles. The van der Waals surface area contributed by atoms with Crippen molar-refractivity contribution >= 4 is 16.8 Å². The highest BCUT2D eigenvalue weighted by Gasteiger charge is 2.18. The summed E-state index contributed by atoms with van der Waals surface area (Å²) in [7, 11) is 0. The fraction of sp³-hybridized carbons (Fsp3) is 0.294. The Morgan fingerprint density at radius 1 is 1.10 bits per heavy atom. The molecule has 0 unspecified atom stereocenters. The smallest absolute Gasteiger partial charge is 0.165 e. The third-order valence-corrected chi connectivity index (χ3v) is 3.74. The quantitative estimate of drug-likeness (QED) is 0.764. The predicted octanol–water partition coefficient (Wildman–Crippen LogP) is 4.21. The Labute approximate surface area is 124 Å². The van der Waals surface area contributed by atoms with Gasteiger partial charge in [-0.05, 0) is 25.8 Å². The molecule has 108 valence electrons. The van der Waals surface area contributed by atoms with Gasteiger partial charge in [0.05, 0.1) is 5.56 Å². The van der Waals surface area contributed by atoms with Crippen LogP contribution in [0.1, 0.15) is 36.8 Å². The number of nitrogens with zero attached hydrogens (tertiary/aromatic N) is 2. The van der Waals surface area contributed by atoms with Gasteiger partial charge in [0.25, 0.3) is 0 Å². The molecule has 2 heterocycles. The van der Waals surface area contributed by atoms with E-state index in [4.69, 9.17) is 10.2 Å². The summed E-state index contributed by atoms with van der Waals surface area (Å²) in [5.74, 6) is 2.31. The van der Waals surface area contributed by atoms with E-state index in [1.807, 2.05) is 38.1 Å². The highest BCUT2D eigenvalue weighted by atomic mass is 16.3. The largest absolute Gasteiger partial charge is 0.461 e. The number of anilines is 1. The molecule has 4 heteroatoms. The topological polar surface area (TPSA) is 64.9 Å². The Kier molecular flexibility index (Phi) is 3.16. The zero-order valence-electron chi connectivity index (χ0n) is 12.8. The molecule has 0 aliphatic rings. The molecule has 3 aromatic rings. The van der Waals surface area contributed by atoms with E-state index in [1.165, 1.54) is 0 Å². The Balaban J connectivity index is 2.27. The van der Waals surface area contributed by atoms with Gasteiger partial charge in [0.2, 0.25) is 0 Å². The molecule has 4 nitrogen and oxygen atoms in total. The molecular formula is C17H19N3O. The summed E-state index contributed by atoms with van der Waals surface area (Å²) in [4.78, 5) is 9.17. The molecule has 0 fully saturated rings. The van der Waals surface area contributed by atoms with Crippen LogP contribution in [0.4, 0.5) is 5.82 Å². The van der Waals surface area contributed by atoms with E-state index in [2.05, 4.69) is 23.8 Å². The van der Waals surface area contributed by atoms with Crippen molar-refractivity contribution in [3.8, 4) is 11.4 Å². The maximum Gasteiger partial charge on any atom is 0.165 e. The Hall–Kier alpha value is -2.36. The van der Waals surface area contributed by atoms with Crippen LogP contribution in [0, 0.1) is 13.8 Å². The number of hydrogen-bond donors (Lipinski definition) is 1. The monoisotopic (exact) mass is 281 g/mol. The second-order valence-corrected chi connectivity index (χ2v) is 5.62. The fourth-order valence-corrected chi connectivity index (χ4v) is 2.87. The lowest BCUT2D eigenvalue weighted by molar-refractivity contribution is 0.579. The number of nitrogens with two attached hydrogens (primary N) is 1. The van der Waals surface area contributed by atoms with Crippen LogP contribution in [0.15, 0.2) is 28.7 Å². The van der Waals surface area contributed by atoms with Crippen LogP contribution in [-0.4, -0.2) is 9.97 Å². The summed E-state index contributed by atoms with van der Waals surface area (Å²) < 4.78 is 5.79. The first-order valence-corrected chi connectivity index (χ1v) is 7.11. The Morgan fingerprint density at radius 3 is 2.48 bits per heavy atom. The predicted molar refractivity (Wildman–Crippen MR) is 85.2 cm³/mol. The number of hydrogen-bond acceptors (Lipinski definition) is 4. The van der Waals surface area contributed by atoms with Gasteiger partial charge in [-0.2, -0.15) is 0 Å². The number of para-hydroxylation sites is 1. The van der Waals surface area contributed by atoms with E-state index in [0.29, 0.717) is 17.6 Å². The summed E-state index contributed by atoms with van der Waals surface area (Å²) >= 11 is 0. The number of fused-ring (bicyclic) bond motifs is 1. The van der Waals surface area contributed by atoms with Crippen molar-refractivity contribution in [3.63, 3.8) is 0 Å². The van der Waals surface area contributed by atoms with Crippen LogP contribution in [-0.2, 0) is 0 Å². The zero-order chi connectivity index (χ0) is 15.1. The second-order valence-electron chi connectivity index (χ2n) is 5.62. The van der Waals surface area contributed by atoms with Gasteiger partial charge in [-0.3, -0.25) is 0 Å². The molecule has 0 bridgehead atoms. The van der Waals surface area contributed by atoms with Crippen LogP contribution < -0.4 is 5.73 Å². The first-order chi connectivity index (χ1) is 9.99. The van der Waals surface area contributed by atoms with Gasteiger partial charge in [-0.1, -0.05) is 32.0 Å². The molecule has 0 aliphatic heterocycles. The minimum absolute atomic E-state index is 0.307. The molecule has 0 radical (unpaired) electrons. The van der Waals surface area contributed by atoms with Crippen LogP contribution in [0.5, 0.6) is 0 Å². The van der Waals surface area contributed by atoms with Crippen molar-refractivity contribution in [2.75, 3.05) is 5.73 Å². The Morgan fingerprint density at radius 2 is 1.81 bits per heavy atom. The first kappa shape index (κ1) is 13.6. The van der Waals surface area contributed by atoms with E-state index < -0.39 is 0 Å². The summed E-state index contributed by atoms with van der Waals surface area (Å²) in [6, 6.07) is 7.91. The van der Waals surface area contributed by atoms with Gasteiger partial charge in [0.1, 0.15) is 17.2 Å². The molecule has 0 saturated heterocycles. The average Bonchev–Trinajstić information content (AvgIpc) is 2.73. The van der Waals surface area contributed by atoms with Crippen molar-refractivity contribution in [2.24, 2.45) is 0 Å². The SMILES string of the molecule is Cc1nc(-c2c(C)oc3ccccc23)nc(N)c1C(C)C. The zero-order valence-corrected chi connectivity index (χ0v) is 12.8. The second kappa shape index (κ2) is 4.88. The highest BCUT2D eigenvalue weighted by molar-refractivity contribution is 5.93. The average molecular weight is 281 g/mol. The minimum Gasteiger partial charge on any atom is -0.461 e. The summed E-state index contributed by atoms with van der Waals surface area (Å²) in [6.45, 7) is 8.11. The molecule has 21 heavy (non-hydrogen) atoms. The number of benzene rings is 1. The van der Waals surface area contributed by atoms with Crippen LogP contribution in [0.3, 0.4) is 0 Å². The van der Waals surface area contributed by atoms with Crippen molar-refractivity contribution in [2.45, 2.75) is 33.6 Å². The van der Waals surface area contributed by atoms with Crippen LogP contribution in [0.25, 0.3) is 22.4 Å². The normalized spacial score (nSPS) is 11.5. The number of aromatic nitrogens is 2. The molecule has 2 aromatic heterocycles. The van der Waals surface area contributed by atoms with Gasteiger partial charge in [-0.15, -0.1) is 0 Å². The van der Waals surface area contributed by atoms with Gasteiger partial charge >= 0.3 is 0 Å². The summed E-state index contributed by atoms with van der Waals surface area (Å²) in [6.07, 6.45) is 0. The third-order valence-electron chi connectivity index (χ3n) is 3.74. The third kappa shape index (κ3) is 2.17. The number of aryl methyl sites for hydroxylation is 2. The fourth-order valence-electron chi connectivity index (χ4n) is 2.87. The maximum atomic E-state index is 6.14. The van der Waals surface area contributed by atoms with E-state index in [0.717, 1.165) is 33.6 Å². The minimum atomic E-state index is 0.307. The van der Waals surface area contributed by atoms with Gasteiger partial charge < -0.3 is 10.2 Å². The van der Waals surface area contributed by atoms with E-state index in [-0.39, 0.29) is 0 Å². The van der Waals surface area contributed by atoms with Crippen molar-refractivity contribution in [1.29, 1.82) is 0 Å². The summed E-state index contributed by atoms with van der Waals surface area (Å²) in [5, 5.41) is 1.02. The number of furan rings is 1. The maximum absolute atomic E-state index is 6.14. The van der Waals surface area contributed by atoms with Crippen molar-refractivity contribution < 1.29 is 4.42 Å². The summed E-state index contributed by atoms with van der Waals surface area (Å²) in [5.41, 5.74) is 9.86. The van der Waals surface area contributed by atoms with E-state index in [1.54, 1.807) is 0 Å². The standard InChI is InChI=1S/C17H19N3O/c1-9(2)14-10(3)19-17(20-16(14)18)15-11(4)21-13-8-6-5-7-12(13)15/h5-9H,1-4H3,(H2,18,19,20). The van der Waals surface area contributed by atoms with Crippen molar-refractivity contribution in [3.05, 3.63) is 41.3 Å². The van der Waals surface area contributed by atoms with Gasteiger partial charge in [0.15, 0.2) is 5.82 Å². The lowest BCUT2D eigenvalue weighted by atomic mass is 10.0. The number of nitrogen functional groups attached to an aromatic ring is 1. The van der Waals surface area contributed by atoms with Crippen LogP contribution >= 0.6 is 0 Å². The molecule has 0 saturated carbocycles. The molecule has 0 atom stereocenters. The van der Waals surface area contributed by atoms with Crippen LogP contribution in [0.2, 0.25) is 0 Å². The molecular weight excluding hydrogens is 262 g/mol. The van der Waals surface area contributed by atoms with E-state index >= 15 is 0 Å². The van der Waals surface area contributed by atoms with E-state index in [9.17, 15) is 0 Å². The lowest BCUT2D eigenvalue weighted by Crippen LogP contribution is -2.06. The van der Waals surface area contributed by atoms with Gasteiger partial charge in [-0.25, -0.2) is 9.97 Å². The lowest BCUT2D eigenvalue weighted by Gasteiger charge is -2.13. The van der Waals surface area contributed by atoms with Gasteiger partial charge in [0, 0.05) is 16.6 Å². The first-order valence-electron chi connectivity index (χ1n) is 7.11. The molecule has 1 aromatic carbocycles. The Bertz CT molecular complexity index is 795. The molecule has 2 N–H and O–H groups in total. The molecule has 0 spiro atoms. The molecule has 3 rings (SSSR count). The van der Waals surface area contributed by atoms with Crippen molar-refractivity contribution in [1.82, 2.24) is 9.97 Å². The number of rotatable bonds is 2. The molecule has 0 amide bonds. The highest BCUT2D eigenvalue weighted by Crippen LogP contribution is 2.34.